The van der Waals surface area contributed by atoms with Gasteiger partial charge in [0, 0.05) is 56.6 Å². The maximum absolute atomic E-state index is 14.3. The van der Waals surface area contributed by atoms with Crippen molar-refractivity contribution in [1.29, 1.82) is 0 Å². The van der Waals surface area contributed by atoms with Crippen molar-refractivity contribution in [2.24, 2.45) is 0 Å². The van der Waals surface area contributed by atoms with Crippen LogP contribution in [0, 0.1) is 0 Å². The third kappa shape index (κ3) is 3.01. The summed E-state index contributed by atoms with van der Waals surface area (Å²) in [6.45, 7) is 0. The average molecular weight is 657 g/mol. The van der Waals surface area contributed by atoms with E-state index in [1.54, 1.807) is 61.5 Å². The number of fused-ring (bicyclic) bond motifs is 10. The second-order valence-electron chi connectivity index (χ2n) is 12.7. The van der Waals surface area contributed by atoms with Crippen molar-refractivity contribution in [3.8, 4) is 23.0 Å². The van der Waals surface area contributed by atoms with Gasteiger partial charge < -0.3 is 18.9 Å². The van der Waals surface area contributed by atoms with Gasteiger partial charge >= 0.3 is 0 Å². The Morgan fingerprint density at radius 1 is 0.420 bits per heavy atom. The van der Waals surface area contributed by atoms with Gasteiger partial charge in [0.05, 0.1) is 50.5 Å². The lowest BCUT2D eigenvalue weighted by molar-refractivity contribution is 0.355. The van der Waals surface area contributed by atoms with Crippen molar-refractivity contribution >= 4 is 98.0 Å². The molecule has 0 aliphatic rings. The first kappa shape index (κ1) is 27.3. The van der Waals surface area contributed by atoms with Crippen LogP contribution in [0.25, 0.3) is 98.0 Å². The van der Waals surface area contributed by atoms with E-state index in [-0.39, 0.29) is 11.1 Å². The Labute approximate surface area is 280 Å². The number of rotatable bonds is 4. The highest BCUT2D eigenvalue weighted by atomic mass is 16.5. The molecule has 50 heavy (non-hydrogen) atoms. The molecule has 0 N–H and O–H groups in total. The molecule has 0 atom stereocenters. The predicted molar refractivity (Wildman–Crippen MR) is 196 cm³/mol. The van der Waals surface area contributed by atoms with Gasteiger partial charge in [0.2, 0.25) is 0 Å². The van der Waals surface area contributed by atoms with Crippen LogP contribution < -0.4 is 30.1 Å². The van der Waals surface area contributed by atoms with Gasteiger partial charge in [-0.2, -0.15) is 0 Å². The summed E-state index contributed by atoms with van der Waals surface area (Å²) >= 11 is 0. The fourth-order valence-corrected chi connectivity index (χ4v) is 8.44. The molecule has 10 heteroatoms. The average Bonchev–Trinajstić information content (AvgIpc) is 3.72. The van der Waals surface area contributed by atoms with Gasteiger partial charge in [0.15, 0.2) is 23.0 Å². The molecule has 0 aliphatic heterocycles. The van der Waals surface area contributed by atoms with E-state index in [4.69, 9.17) is 28.9 Å². The van der Waals surface area contributed by atoms with Crippen LogP contribution in [0.2, 0.25) is 0 Å². The summed E-state index contributed by atoms with van der Waals surface area (Å²) in [5, 5.41) is 10.7. The number of imidazole rings is 2. The zero-order chi connectivity index (χ0) is 33.7. The lowest BCUT2D eigenvalue weighted by atomic mass is 9.86. The standard InChI is InChI=1S/C40H24N4O6/c1-47-29-13-25-27(15-31(29)49-3)43-37(41-25)21-9-5-17-18-6-10-22-36-24(12-8-20(34(18)36)19-7-11-23(39(43)45)35(21)33(17)19)40(46)44-28-16-32(50-4)30(48-2)14-26(28)42-38(22)44/h5-16H,1-4H3. The van der Waals surface area contributed by atoms with E-state index in [2.05, 4.69) is 24.3 Å². The third-order valence-electron chi connectivity index (χ3n) is 10.6. The fourth-order valence-electron chi connectivity index (χ4n) is 8.44. The monoisotopic (exact) mass is 656 g/mol. The first-order chi connectivity index (χ1) is 24.4. The number of methoxy groups -OCH3 is 4. The second-order valence-corrected chi connectivity index (χ2v) is 12.7. The largest absolute Gasteiger partial charge is 0.493 e. The minimum atomic E-state index is -0.153. The molecule has 0 amide bonds. The van der Waals surface area contributed by atoms with Crippen molar-refractivity contribution in [1.82, 2.24) is 18.8 Å². The molecular weight excluding hydrogens is 632 g/mol. The zero-order valence-electron chi connectivity index (χ0n) is 27.2. The molecule has 0 saturated carbocycles. The van der Waals surface area contributed by atoms with Gasteiger partial charge in [-0.05, 0) is 56.6 Å². The predicted octanol–water partition coefficient (Wildman–Crippen LogP) is 7.28. The molecule has 0 spiro atoms. The fraction of sp³-hybridized carbons (Fsp3) is 0.100. The minimum Gasteiger partial charge on any atom is -0.493 e. The summed E-state index contributed by atoms with van der Waals surface area (Å²) in [7, 11) is 6.31. The maximum atomic E-state index is 14.3. The highest BCUT2D eigenvalue weighted by Crippen LogP contribution is 2.46. The summed E-state index contributed by atoms with van der Waals surface area (Å²) in [4.78, 5) is 38.5. The highest BCUT2D eigenvalue weighted by Gasteiger charge is 2.25. The number of nitrogens with zero attached hydrogens (tertiary/aromatic N) is 4. The smallest absolute Gasteiger partial charge is 0.264 e. The molecule has 0 unspecified atom stereocenters. The molecule has 240 valence electrons. The van der Waals surface area contributed by atoms with E-state index in [0.717, 1.165) is 53.9 Å². The first-order valence-corrected chi connectivity index (χ1v) is 16.0. The molecule has 0 aliphatic carbocycles. The Bertz CT molecular complexity index is 3170. The van der Waals surface area contributed by atoms with Crippen LogP contribution in [0.15, 0.2) is 82.4 Å². The van der Waals surface area contributed by atoms with Gasteiger partial charge in [0.25, 0.3) is 11.1 Å². The number of hydrogen-bond donors (Lipinski definition) is 0. The number of ether oxygens (including phenoxy) is 4. The van der Waals surface area contributed by atoms with Crippen LogP contribution in [0.4, 0.5) is 0 Å². The molecule has 7 aromatic carbocycles. The zero-order valence-corrected chi connectivity index (χ0v) is 27.2. The Morgan fingerprint density at radius 2 is 0.720 bits per heavy atom. The molecule has 4 heterocycles. The van der Waals surface area contributed by atoms with E-state index in [1.807, 2.05) is 24.3 Å². The summed E-state index contributed by atoms with van der Waals surface area (Å²) < 4.78 is 25.5. The molecular formula is C40H24N4O6. The minimum absolute atomic E-state index is 0.153. The topological polar surface area (TPSA) is 106 Å². The molecule has 10 nitrogen and oxygen atoms in total. The van der Waals surface area contributed by atoms with Crippen LogP contribution in [0.1, 0.15) is 0 Å². The molecule has 11 aromatic rings. The van der Waals surface area contributed by atoms with Crippen LogP contribution in [-0.2, 0) is 0 Å². The Balaban J connectivity index is 1.30. The van der Waals surface area contributed by atoms with Crippen LogP contribution >= 0.6 is 0 Å². The number of pyridine rings is 2. The summed E-state index contributed by atoms with van der Waals surface area (Å²) in [5.74, 6) is 2.14. The van der Waals surface area contributed by atoms with Crippen molar-refractivity contribution in [2.75, 3.05) is 28.4 Å². The van der Waals surface area contributed by atoms with Crippen LogP contribution in [0.5, 0.6) is 23.0 Å². The van der Waals surface area contributed by atoms with E-state index < -0.39 is 0 Å². The summed E-state index contributed by atoms with van der Waals surface area (Å²) in [6, 6.07) is 23.4. The third-order valence-corrected chi connectivity index (χ3v) is 10.6. The van der Waals surface area contributed by atoms with Crippen molar-refractivity contribution in [2.45, 2.75) is 0 Å². The summed E-state index contributed by atoms with van der Waals surface area (Å²) in [5.41, 5.74) is 3.42. The van der Waals surface area contributed by atoms with E-state index >= 15 is 0 Å². The Kier molecular flexibility index (Phi) is 4.94. The van der Waals surface area contributed by atoms with E-state index in [1.165, 1.54) is 0 Å². The van der Waals surface area contributed by atoms with E-state index in [0.29, 0.717) is 67.1 Å². The summed E-state index contributed by atoms with van der Waals surface area (Å²) in [6.07, 6.45) is 0. The van der Waals surface area contributed by atoms with Gasteiger partial charge in [-0.25, -0.2) is 9.97 Å². The number of hydrogen-bond acceptors (Lipinski definition) is 8. The Hall–Kier alpha value is -6.68. The van der Waals surface area contributed by atoms with Crippen molar-refractivity contribution < 1.29 is 18.9 Å². The second kappa shape index (κ2) is 9.06. The van der Waals surface area contributed by atoms with Crippen molar-refractivity contribution in [3.63, 3.8) is 0 Å². The van der Waals surface area contributed by atoms with Gasteiger partial charge in [-0.1, -0.05) is 24.3 Å². The molecule has 4 aromatic heterocycles. The highest BCUT2D eigenvalue weighted by molar-refractivity contribution is 6.40. The molecule has 0 fully saturated rings. The van der Waals surface area contributed by atoms with Gasteiger partial charge in [-0.3, -0.25) is 18.4 Å². The molecule has 0 saturated heterocycles. The van der Waals surface area contributed by atoms with Crippen molar-refractivity contribution in [3.05, 3.63) is 93.5 Å². The normalized spacial score (nSPS) is 12.6. The first-order valence-electron chi connectivity index (χ1n) is 16.0. The Morgan fingerprint density at radius 3 is 1.08 bits per heavy atom. The quantitative estimate of drug-likeness (QED) is 0.144. The lowest BCUT2D eigenvalue weighted by Crippen LogP contribution is -2.14. The number of aromatic nitrogens is 4. The molecule has 0 radical (unpaired) electrons. The van der Waals surface area contributed by atoms with Gasteiger partial charge in [-0.15, -0.1) is 0 Å². The van der Waals surface area contributed by atoms with Gasteiger partial charge in [0.1, 0.15) is 11.3 Å². The van der Waals surface area contributed by atoms with E-state index in [9.17, 15) is 9.59 Å². The number of benzene rings is 7. The van der Waals surface area contributed by atoms with Crippen LogP contribution in [-0.4, -0.2) is 47.2 Å². The maximum Gasteiger partial charge on any atom is 0.264 e. The van der Waals surface area contributed by atoms with Crippen LogP contribution in [0.3, 0.4) is 0 Å². The molecule has 0 bridgehead atoms. The SMILES string of the molecule is COc1cc2nc3c4ccc5c6ccc7c8c(ccc(c9ccc(c(=O)n3c2cc1OC)c4c95)c68)c(=O)n1c2cc(OC)c(OC)cc2nc71. The molecule has 11 rings (SSSR count). The lowest BCUT2D eigenvalue weighted by Gasteiger charge is -2.18.